The first-order valence-corrected chi connectivity index (χ1v) is 7.36. The van der Waals surface area contributed by atoms with Gasteiger partial charge in [-0.2, -0.15) is 0 Å². The molecule has 0 spiro atoms. The molecule has 0 fully saturated rings. The molecule has 0 aliphatic heterocycles. The van der Waals surface area contributed by atoms with Crippen LogP contribution < -0.4 is 0 Å². The van der Waals surface area contributed by atoms with Crippen LogP contribution in [-0.4, -0.2) is 56.1 Å². The van der Waals surface area contributed by atoms with Crippen LogP contribution in [0.15, 0.2) is 23.1 Å². The monoisotopic (exact) mass is 320 g/mol. The number of nitrogens with zero attached hydrogens (tertiary/aromatic N) is 1. The third kappa shape index (κ3) is 4.53. The number of halogens is 1. The number of carbonyl (C=O) groups is 1. The van der Waals surface area contributed by atoms with Crippen LogP contribution in [0.5, 0.6) is 0 Å². The lowest BCUT2D eigenvalue weighted by Crippen LogP contribution is -2.34. The standard InChI is InChI=1S/C12H16ClNO5S/c13-10-3-2-9(8-11(10)20(18)19)12(17)14(5-7-16)4-1-6-15/h2-3,8,15-16H,1,4-7H2,(H,18,19)/p-1. The summed E-state index contributed by atoms with van der Waals surface area (Å²) >= 11 is 3.20. The minimum absolute atomic E-state index is 0.0407. The van der Waals surface area contributed by atoms with Gasteiger partial charge in [0.1, 0.15) is 0 Å². The lowest BCUT2D eigenvalue weighted by molar-refractivity contribution is 0.0710. The average molecular weight is 321 g/mol. The van der Waals surface area contributed by atoms with Gasteiger partial charge in [-0.15, -0.1) is 0 Å². The molecule has 0 aliphatic rings. The predicted molar refractivity (Wildman–Crippen MR) is 73.3 cm³/mol. The van der Waals surface area contributed by atoms with Crippen LogP contribution in [0.1, 0.15) is 16.8 Å². The third-order valence-electron chi connectivity index (χ3n) is 2.60. The van der Waals surface area contributed by atoms with Gasteiger partial charge in [0.2, 0.25) is 0 Å². The second-order valence-corrected chi connectivity index (χ2v) is 5.29. The van der Waals surface area contributed by atoms with E-state index in [2.05, 4.69) is 0 Å². The number of hydrogen-bond donors (Lipinski definition) is 2. The number of benzene rings is 1. The number of rotatable bonds is 7. The van der Waals surface area contributed by atoms with E-state index in [9.17, 15) is 13.6 Å². The molecule has 0 saturated carbocycles. The molecule has 0 heterocycles. The van der Waals surface area contributed by atoms with E-state index in [4.69, 9.17) is 21.8 Å². The Hall–Kier alpha value is -0.990. The topological polar surface area (TPSA) is 101 Å². The van der Waals surface area contributed by atoms with Crippen molar-refractivity contribution in [1.29, 1.82) is 0 Å². The molecule has 0 bridgehead atoms. The Kier molecular flexibility index (Phi) is 7.11. The lowest BCUT2D eigenvalue weighted by atomic mass is 10.2. The van der Waals surface area contributed by atoms with Crippen molar-refractivity contribution in [2.45, 2.75) is 11.3 Å². The van der Waals surface area contributed by atoms with Gasteiger partial charge in [0.05, 0.1) is 11.6 Å². The van der Waals surface area contributed by atoms with E-state index in [-0.39, 0.29) is 41.8 Å². The molecule has 0 aliphatic carbocycles. The van der Waals surface area contributed by atoms with Crippen molar-refractivity contribution in [2.24, 2.45) is 0 Å². The second kappa shape index (κ2) is 8.33. The first kappa shape index (κ1) is 17.1. The molecular weight excluding hydrogens is 306 g/mol. The molecule has 1 unspecified atom stereocenters. The normalized spacial score (nSPS) is 12.2. The van der Waals surface area contributed by atoms with Crippen LogP contribution in [0.25, 0.3) is 0 Å². The molecule has 1 atom stereocenters. The van der Waals surface area contributed by atoms with Crippen LogP contribution >= 0.6 is 11.6 Å². The van der Waals surface area contributed by atoms with Gasteiger partial charge in [-0.25, -0.2) is 0 Å². The summed E-state index contributed by atoms with van der Waals surface area (Å²) < 4.78 is 22.0. The second-order valence-electron chi connectivity index (χ2n) is 3.97. The number of carbonyl (C=O) groups excluding carboxylic acids is 1. The van der Waals surface area contributed by atoms with Crippen molar-refractivity contribution < 1.29 is 23.8 Å². The van der Waals surface area contributed by atoms with Crippen LogP contribution in [0.4, 0.5) is 0 Å². The Morgan fingerprint density at radius 1 is 1.30 bits per heavy atom. The summed E-state index contributed by atoms with van der Waals surface area (Å²) in [7, 11) is 0. The van der Waals surface area contributed by atoms with Crippen molar-refractivity contribution in [1.82, 2.24) is 4.90 Å². The molecule has 1 aromatic rings. The maximum Gasteiger partial charge on any atom is 0.253 e. The molecule has 1 rings (SSSR count). The fourth-order valence-electron chi connectivity index (χ4n) is 1.64. The van der Waals surface area contributed by atoms with E-state index in [1.54, 1.807) is 0 Å². The van der Waals surface area contributed by atoms with Gasteiger partial charge in [0, 0.05) is 30.2 Å². The van der Waals surface area contributed by atoms with Crippen molar-refractivity contribution in [3.8, 4) is 0 Å². The Morgan fingerprint density at radius 2 is 2.00 bits per heavy atom. The quantitative estimate of drug-likeness (QED) is 0.708. The van der Waals surface area contributed by atoms with Crippen LogP contribution in [0, 0.1) is 0 Å². The fourth-order valence-corrected chi connectivity index (χ4v) is 2.40. The molecule has 20 heavy (non-hydrogen) atoms. The zero-order valence-corrected chi connectivity index (χ0v) is 12.2. The van der Waals surface area contributed by atoms with Gasteiger partial charge in [0.25, 0.3) is 5.91 Å². The Bertz CT molecular complexity index is 497. The average Bonchev–Trinajstić information content (AvgIpc) is 2.43. The van der Waals surface area contributed by atoms with Crippen LogP contribution in [0.3, 0.4) is 0 Å². The summed E-state index contributed by atoms with van der Waals surface area (Å²) in [6.45, 7) is 0.0856. The van der Waals surface area contributed by atoms with Crippen molar-refractivity contribution in [2.75, 3.05) is 26.3 Å². The molecule has 0 aromatic heterocycles. The molecule has 0 saturated heterocycles. The highest BCUT2D eigenvalue weighted by Crippen LogP contribution is 2.21. The Balaban J connectivity index is 2.99. The maximum atomic E-state index is 12.2. The Labute approximate surface area is 124 Å². The number of hydrogen-bond acceptors (Lipinski definition) is 5. The van der Waals surface area contributed by atoms with E-state index < -0.39 is 17.0 Å². The summed E-state index contributed by atoms with van der Waals surface area (Å²) in [5.41, 5.74) is 0.167. The molecule has 1 aromatic carbocycles. The van der Waals surface area contributed by atoms with Gasteiger partial charge in [-0.3, -0.25) is 9.00 Å². The van der Waals surface area contributed by atoms with Gasteiger partial charge in [-0.05, 0) is 35.7 Å². The molecule has 2 N–H and O–H groups in total. The van der Waals surface area contributed by atoms with Crippen LogP contribution in [-0.2, 0) is 11.1 Å². The lowest BCUT2D eigenvalue weighted by Gasteiger charge is -2.22. The Morgan fingerprint density at radius 3 is 2.55 bits per heavy atom. The van der Waals surface area contributed by atoms with Gasteiger partial charge in [-0.1, -0.05) is 11.6 Å². The van der Waals surface area contributed by atoms with E-state index in [1.165, 1.54) is 23.1 Å². The minimum Gasteiger partial charge on any atom is -0.768 e. The number of aliphatic hydroxyl groups is 2. The summed E-state index contributed by atoms with van der Waals surface area (Å²) in [6, 6.07) is 3.95. The van der Waals surface area contributed by atoms with E-state index in [0.29, 0.717) is 6.42 Å². The summed E-state index contributed by atoms with van der Waals surface area (Å²) in [5, 5.41) is 17.8. The number of amides is 1. The summed E-state index contributed by atoms with van der Waals surface area (Å²) in [4.78, 5) is 13.4. The van der Waals surface area contributed by atoms with Crippen LogP contribution in [0.2, 0.25) is 5.02 Å². The highest BCUT2D eigenvalue weighted by Gasteiger charge is 2.16. The van der Waals surface area contributed by atoms with E-state index in [1.807, 2.05) is 0 Å². The predicted octanol–water partition coefficient (Wildman–Crippen LogP) is 0.395. The molecular formula is C12H15ClNO5S-. The van der Waals surface area contributed by atoms with E-state index in [0.717, 1.165) is 0 Å². The first-order valence-electron chi connectivity index (χ1n) is 5.91. The minimum atomic E-state index is -2.53. The highest BCUT2D eigenvalue weighted by molar-refractivity contribution is 7.79. The van der Waals surface area contributed by atoms with Gasteiger partial charge in [0.15, 0.2) is 0 Å². The largest absolute Gasteiger partial charge is 0.768 e. The maximum absolute atomic E-state index is 12.2. The molecule has 0 radical (unpaired) electrons. The summed E-state index contributed by atoms with van der Waals surface area (Å²) in [5.74, 6) is -0.420. The van der Waals surface area contributed by atoms with E-state index >= 15 is 0 Å². The molecule has 8 heteroatoms. The van der Waals surface area contributed by atoms with Gasteiger partial charge >= 0.3 is 0 Å². The smallest absolute Gasteiger partial charge is 0.253 e. The van der Waals surface area contributed by atoms with Crippen molar-refractivity contribution in [3.63, 3.8) is 0 Å². The highest BCUT2D eigenvalue weighted by atomic mass is 35.5. The molecule has 6 nitrogen and oxygen atoms in total. The first-order chi connectivity index (χ1) is 9.51. The zero-order valence-electron chi connectivity index (χ0n) is 10.6. The van der Waals surface area contributed by atoms with Crippen molar-refractivity contribution >= 4 is 28.6 Å². The summed E-state index contributed by atoms with van der Waals surface area (Å²) in [6.07, 6.45) is 0.375. The SMILES string of the molecule is O=C(c1ccc(Cl)c(S(=O)[O-])c1)N(CCO)CCCO. The van der Waals surface area contributed by atoms with Crippen molar-refractivity contribution in [3.05, 3.63) is 28.8 Å². The molecule has 112 valence electrons. The fraction of sp³-hybridized carbons (Fsp3) is 0.417. The number of aliphatic hydroxyl groups excluding tert-OH is 2. The third-order valence-corrected chi connectivity index (χ3v) is 3.74. The van der Waals surface area contributed by atoms with Gasteiger partial charge < -0.3 is 19.7 Å². The molecule has 1 amide bonds. The zero-order chi connectivity index (χ0) is 15.1.